The molecule has 1 N–H and O–H groups in total. The third-order valence-corrected chi connectivity index (χ3v) is 4.12. The number of fused-ring (bicyclic) bond motifs is 1. The van der Waals surface area contributed by atoms with Crippen molar-refractivity contribution in [3.8, 4) is 17.2 Å². The van der Waals surface area contributed by atoms with Crippen LogP contribution in [0, 0.1) is 0 Å². The summed E-state index contributed by atoms with van der Waals surface area (Å²) in [4.78, 5) is 12.3. The van der Waals surface area contributed by atoms with Crippen molar-refractivity contribution in [2.45, 2.75) is 38.8 Å². The predicted molar refractivity (Wildman–Crippen MR) is 95.0 cm³/mol. The third-order valence-electron chi connectivity index (χ3n) is 4.12. The highest BCUT2D eigenvalue weighted by atomic mass is 16.7. The summed E-state index contributed by atoms with van der Waals surface area (Å²) >= 11 is 0. The van der Waals surface area contributed by atoms with Gasteiger partial charge < -0.3 is 19.5 Å². The van der Waals surface area contributed by atoms with Gasteiger partial charge in [-0.05, 0) is 44.4 Å². The Morgan fingerprint density at radius 3 is 2.68 bits per heavy atom. The molecule has 0 saturated carbocycles. The lowest BCUT2D eigenvalue weighted by Gasteiger charge is -2.19. The van der Waals surface area contributed by atoms with Crippen LogP contribution >= 0.6 is 0 Å². The van der Waals surface area contributed by atoms with Crippen molar-refractivity contribution in [2.24, 2.45) is 0 Å². The first-order chi connectivity index (χ1) is 12.1. The minimum atomic E-state index is -0.584. The van der Waals surface area contributed by atoms with Gasteiger partial charge in [-0.2, -0.15) is 0 Å². The van der Waals surface area contributed by atoms with E-state index in [4.69, 9.17) is 14.2 Å². The molecule has 3 rings (SSSR count). The van der Waals surface area contributed by atoms with E-state index in [1.165, 1.54) is 5.56 Å². The Bertz CT molecular complexity index is 717. The van der Waals surface area contributed by atoms with Crippen molar-refractivity contribution in [3.05, 3.63) is 54.1 Å². The van der Waals surface area contributed by atoms with Crippen molar-refractivity contribution < 1.29 is 19.0 Å². The van der Waals surface area contributed by atoms with Crippen LogP contribution in [0.2, 0.25) is 0 Å². The van der Waals surface area contributed by atoms with Crippen LogP contribution in [0.15, 0.2) is 48.5 Å². The van der Waals surface area contributed by atoms with E-state index in [0.29, 0.717) is 17.2 Å². The molecule has 132 valence electrons. The summed E-state index contributed by atoms with van der Waals surface area (Å²) in [5.41, 5.74) is 1.27. The summed E-state index contributed by atoms with van der Waals surface area (Å²) in [6.45, 7) is 3.96. The Morgan fingerprint density at radius 1 is 1.12 bits per heavy atom. The number of amides is 1. The Kier molecular flexibility index (Phi) is 5.43. The van der Waals surface area contributed by atoms with Gasteiger partial charge in [0.15, 0.2) is 17.6 Å². The molecule has 0 aliphatic carbocycles. The van der Waals surface area contributed by atoms with Gasteiger partial charge in [-0.3, -0.25) is 4.79 Å². The topological polar surface area (TPSA) is 56.8 Å². The second kappa shape index (κ2) is 7.92. The van der Waals surface area contributed by atoms with Crippen LogP contribution in [0.3, 0.4) is 0 Å². The number of benzene rings is 2. The normalized spacial score (nSPS) is 14.6. The molecule has 0 spiro atoms. The molecule has 25 heavy (non-hydrogen) atoms. The fourth-order valence-electron chi connectivity index (χ4n) is 2.67. The molecule has 5 heteroatoms. The van der Waals surface area contributed by atoms with Gasteiger partial charge >= 0.3 is 0 Å². The van der Waals surface area contributed by atoms with Gasteiger partial charge in [0.25, 0.3) is 5.91 Å². The van der Waals surface area contributed by atoms with E-state index in [2.05, 4.69) is 17.4 Å². The van der Waals surface area contributed by atoms with Gasteiger partial charge in [0.05, 0.1) is 0 Å². The Balaban J connectivity index is 1.47. The number of aryl methyl sites for hydroxylation is 1. The van der Waals surface area contributed by atoms with Crippen molar-refractivity contribution >= 4 is 5.91 Å². The van der Waals surface area contributed by atoms with E-state index in [1.54, 1.807) is 25.1 Å². The zero-order valence-electron chi connectivity index (χ0n) is 14.5. The minimum absolute atomic E-state index is 0.0792. The van der Waals surface area contributed by atoms with Crippen LogP contribution in [0.25, 0.3) is 0 Å². The number of nitrogens with one attached hydrogen (secondary N) is 1. The maximum Gasteiger partial charge on any atom is 0.260 e. The second-order valence-electron chi connectivity index (χ2n) is 6.21. The molecule has 0 saturated heterocycles. The molecule has 2 atom stereocenters. The molecule has 2 aromatic rings. The maximum absolute atomic E-state index is 12.3. The van der Waals surface area contributed by atoms with E-state index in [9.17, 15) is 4.79 Å². The van der Waals surface area contributed by atoms with Crippen molar-refractivity contribution in [3.63, 3.8) is 0 Å². The van der Waals surface area contributed by atoms with Gasteiger partial charge in [0.2, 0.25) is 6.79 Å². The average Bonchev–Trinajstić information content (AvgIpc) is 3.08. The largest absolute Gasteiger partial charge is 0.481 e. The molecule has 0 aromatic heterocycles. The molecule has 1 aliphatic heterocycles. The monoisotopic (exact) mass is 341 g/mol. The van der Waals surface area contributed by atoms with Gasteiger partial charge in [-0.1, -0.05) is 30.3 Å². The number of carbonyl (C=O) groups excluding carboxylic acids is 1. The maximum atomic E-state index is 12.3. The van der Waals surface area contributed by atoms with E-state index in [1.807, 2.05) is 25.1 Å². The highest BCUT2D eigenvalue weighted by molar-refractivity contribution is 5.81. The summed E-state index contributed by atoms with van der Waals surface area (Å²) in [6.07, 6.45) is 1.23. The fourth-order valence-corrected chi connectivity index (χ4v) is 2.67. The van der Waals surface area contributed by atoms with Gasteiger partial charge in [-0.15, -0.1) is 0 Å². The Morgan fingerprint density at radius 2 is 1.88 bits per heavy atom. The molecule has 0 radical (unpaired) electrons. The molecule has 5 nitrogen and oxygen atoms in total. The molecule has 1 heterocycles. The van der Waals surface area contributed by atoms with Crippen LogP contribution in [0.4, 0.5) is 0 Å². The van der Waals surface area contributed by atoms with Crippen molar-refractivity contribution in [2.75, 3.05) is 6.79 Å². The first-order valence-corrected chi connectivity index (χ1v) is 8.52. The summed E-state index contributed by atoms with van der Waals surface area (Å²) in [6, 6.07) is 15.6. The number of hydrogen-bond acceptors (Lipinski definition) is 4. The molecule has 1 aliphatic rings. The van der Waals surface area contributed by atoms with E-state index in [-0.39, 0.29) is 18.7 Å². The van der Waals surface area contributed by atoms with Crippen molar-refractivity contribution in [1.82, 2.24) is 5.32 Å². The number of rotatable bonds is 7. The summed E-state index contributed by atoms with van der Waals surface area (Å²) in [5, 5.41) is 3.00. The molecule has 0 unspecified atom stereocenters. The number of ether oxygens (including phenoxy) is 3. The third kappa shape index (κ3) is 4.66. The zero-order chi connectivity index (χ0) is 17.6. The van der Waals surface area contributed by atoms with Crippen LogP contribution in [0.5, 0.6) is 17.2 Å². The lowest BCUT2D eigenvalue weighted by molar-refractivity contribution is -0.127. The first-order valence-electron chi connectivity index (χ1n) is 8.52. The molecule has 2 aromatic carbocycles. The summed E-state index contributed by atoms with van der Waals surface area (Å²) in [7, 11) is 0. The van der Waals surface area contributed by atoms with E-state index in [0.717, 1.165) is 12.8 Å². The summed E-state index contributed by atoms with van der Waals surface area (Å²) < 4.78 is 16.3. The van der Waals surface area contributed by atoms with Gasteiger partial charge in [-0.25, -0.2) is 0 Å². The van der Waals surface area contributed by atoms with Gasteiger partial charge in [0.1, 0.15) is 5.75 Å². The quantitative estimate of drug-likeness (QED) is 0.839. The highest BCUT2D eigenvalue weighted by Crippen LogP contribution is 2.35. The molecular formula is C20H23NO4. The first kappa shape index (κ1) is 17.1. The number of hydrogen-bond donors (Lipinski definition) is 1. The molecule has 1 amide bonds. The molecule has 0 bridgehead atoms. The smallest absolute Gasteiger partial charge is 0.260 e. The fraction of sp³-hybridized carbons (Fsp3) is 0.350. The zero-order valence-corrected chi connectivity index (χ0v) is 14.5. The van der Waals surface area contributed by atoms with Crippen LogP contribution < -0.4 is 19.5 Å². The van der Waals surface area contributed by atoms with Crippen LogP contribution in [-0.4, -0.2) is 24.8 Å². The predicted octanol–water partition coefficient (Wildman–Crippen LogP) is 3.32. The summed E-state index contributed by atoms with van der Waals surface area (Å²) in [5.74, 6) is 1.79. The minimum Gasteiger partial charge on any atom is -0.481 e. The lowest BCUT2D eigenvalue weighted by atomic mass is 10.1. The Hall–Kier alpha value is -2.69. The lowest BCUT2D eigenvalue weighted by Crippen LogP contribution is -2.41. The van der Waals surface area contributed by atoms with Crippen LogP contribution in [0.1, 0.15) is 25.8 Å². The van der Waals surface area contributed by atoms with E-state index < -0.39 is 6.10 Å². The average molecular weight is 341 g/mol. The van der Waals surface area contributed by atoms with Crippen molar-refractivity contribution in [1.29, 1.82) is 0 Å². The second-order valence-corrected chi connectivity index (χ2v) is 6.21. The number of carbonyl (C=O) groups is 1. The van der Waals surface area contributed by atoms with Crippen LogP contribution in [-0.2, 0) is 11.2 Å². The highest BCUT2D eigenvalue weighted by Gasteiger charge is 2.19. The Labute approximate surface area is 147 Å². The standard InChI is InChI=1S/C20H23NO4/c1-14(8-9-16-6-4-3-5-7-16)21-20(22)15(2)25-17-10-11-18-19(12-17)24-13-23-18/h3-7,10-12,14-15H,8-9,13H2,1-2H3,(H,21,22)/t14-,15+/m1/s1. The SMILES string of the molecule is C[C@H](CCc1ccccc1)NC(=O)[C@H](C)Oc1ccc2c(c1)OCO2. The molecular weight excluding hydrogens is 318 g/mol. The van der Waals surface area contributed by atoms with E-state index >= 15 is 0 Å². The van der Waals surface area contributed by atoms with Gasteiger partial charge in [0, 0.05) is 12.1 Å². The molecule has 0 fully saturated rings.